The third-order valence-corrected chi connectivity index (χ3v) is 8.77. The van der Waals surface area contributed by atoms with E-state index in [4.69, 9.17) is 0 Å². The average Bonchev–Trinajstić information content (AvgIpc) is 3.08. The minimum atomic E-state index is -4.37. The quantitative estimate of drug-likeness (QED) is 0.0357. The molecule has 0 aromatic carbocycles. The van der Waals surface area contributed by atoms with E-state index in [9.17, 15) is 22.9 Å². The summed E-state index contributed by atoms with van der Waals surface area (Å²) in [7, 11) is -4.37. The summed E-state index contributed by atoms with van der Waals surface area (Å²) in [6.07, 6.45) is 53.9. The number of aliphatic hydroxyl groups is 1. The summed E-state index contributed by atoms with van der Waals surface area (Å²) in [6, 6.07) is -1.10. The lowest BCUT2D eigenvalue weighted by Crippen LogP contribution is -2.46. The fraction of sp³-hybridized carbons (Fsp3) is 0.605. The molecule has 2 unspecified atom stereocenters. The standard InChI is InChI=1S/C43H71NO5S/c1-3-5-7-9-11-13-15-17-19-20-21-22-23-24-25-27-29-31-33-35-37-39-43(46)44-41(40-50(47,48)49)42(45)38-36-34-32-30-28-26-18-16-14-12-10-8-6-4-2/h5,7,11,13,17,19,21-22,24-25,28-31,36,38,41-42,45H,3-4,6,8-10,12,14-16,18,20,23,26-27,32-35,37,39-40H2,1-2H3,(H,44,46)(H,47,48,49)/b7-5-,13-11-,19-17-,22-21-,25-24-,30-28+,31-29-,38-36+. The molecule has 0 saturated carbocycles. The van der Waals surface area contributed by atoms with Crippen LogP contribution in [0, 0.1) is 0 Å². The van der Waals surface area contributed by atoms with Crippen LogP contribution < -0.4 is 5.32 Å². The molecule has 0 aromatic heterocycles. The van der Waals surface area contributed by atoms with Crippen molar-refractivity contribution in [1.82, 2.24) is 5.32 Å². The summed E-state index contributed by atoms with van der Waals surface area (Å²) in [5, 5.41) is 13.1. The van der Waals surface area contributed by atoms with Crippen LogP contribution in [0.2, 0.25) is 0 Å². The zero-order chi connectivity index (χ0) is 36.8. The van der Waals surface area contributed by atoms with Gasteiger partial charge in [-0.2, -0.15) is 8.42 Å². The highest BCUT2D eigenvalue weighted by molar-refractivity contribution is 7.85. The molecule has 3 N–H and O–H groups in total. The highest BCUT2D eigenvalue weighted by Gasteiger charge is 2.24. The van der Waals surface area contributed by atoms with Gasteiger partial charge in [-0.15, -0.1) is 0 Å². The number of allylic oxidation sites excluding steroid dienone is 15. The summed E-state index contributed by atoms with van der Waals surface area (Å²) in [5.74, 6) is -1.07. The molecule has 0 rings (SSSR count). The minimum Gasteiger partial charge on any atom is -0.387 e. The summed E-state index contributed by atoms with van der Waals surface area (Å²) < 4.78 is 32.4. The molecule has 7 heteroatoms. The lowest BCUT2D eigenvalue weighted by molar-refractivity contribution is -0.122. The van der Waals surface area contributed by atoms with Crippen LogP contribution in [0.3, 0.4) is 0 Å². The second-order valence-corrected chi connectivity index (χ2v) is 14.3. The molecular formula is C43H71NO5S. The van der Waals surface area contributed by atoms with Crippen molar-refractivity contribution in [2.24, 2.45) is 0 Å². The molecule has 50 heavy (non-hydrogen) atoms. The van der Waals surface area contributed by atoms with Crippen LogP contribution in [0.5, 0.6) is 0 Å². The highest BCUT2D eigenvalue weighted by Crippen LogP contribution is 2.10. The van der Waals surface area contributed by atoms with Gasteiger partial charge in [0, 0.05) is 6.42 Å². The van der Waals surface area contributed by atoms with E-state index in [0.29, 0.717) is 12.8 Å². The lowest BCUT2D eigenvalue weighted by atomic mass is 10.1. The van der Waals surface area contributed by atoms with Gasteiger partial charge in [-0.05, 0) is 83.5 Å². The maximum absolute atomic E-state index is 12.5. The van der Waals surface area contributed by atoms with Gasteiger partial charge in [-0.3, -0.25) is 9.35 Å². The van der Waals surface area contributed by atoms with Crippen LogP contribution in [0.25, 0.3) is 0 Å². The van der Waals surface area contributed by atoms with Gasteiger partial charge in [0.25, 0.3) is 10.1 Å². The number of aliphatic hydroxyl groups excluding tert-OH is 1. The number of carbonyl (C=O) groups excluding carboxylic acids is 1. The van der Waals surface area contributed by atoms with E-state index in [-0.39, 0.29) is 12.3 Å². The normalized spacial score (nSPS) is 14.4. The molecule has 0 heterocycles. The number of carbonyl (C=O) groups is 1. The summed E-state index contributed by atoms with van der Waals surface area (Å²) in [4.78, 5) is 12.5. The minimum absolute atomic E-state index is 0.227. The van der Waals surface area contributed by atoms with Crippen LogP contribution >= 0.6 is 0 Å². The van der Waals surface area contributed by atoms with Crippen molar-refractivity contribution < 1.29 is 22.9 Å². The number of hydrogen-bond acceptors (Lipinski definition) is 4. The van der Waals surface area contributed by atoms with Crippen molar-refractivity contribution >= 4 is 16.0 Å². The maximum Gasteiger partial charge on any atom is 0.267 e. The van der Waals surface area contributed by atoms with Gasteiger partial charge < -0.3 is 10.4 Å². The summed E-state index contributed by atoms with van der Waals surface area (Å²) >= 11 is 0. The Bertz CT molecular complexity index is 1140. The molecule has 0 bridgehead atoms. The first kappa shape index (κ1) is 47.3. The van der Waals surface area contributed by atoms with E-state index in [0.717, 1.165) is 64.2 Å². The maximum atomic E-state index is 12.5. The van der Waals surface area contributed by atoms with Crippen molar-refractivity contribution in [1.29, 1.82) is 0 Å². The molecule has 0 aliphatic carbocycles. The molecular weight excluding hydrogens is 643 g/mol. The first-order chi connectivity index (χ1) is 24.3. The molecule has 0 spiro atoms. The van der Waals surface area contributed by atoms with Gasteiger partial charge in [0.15, 0.2) is 0 Å². The van der Waals surface area contributed by atoms with E-state index in [1.807, 2.05) is 0 Å². The molecule has 1 amide bonds. The Morgan fingerprint density at radius 2 is 0.980 bits per heavy atom. The predicted molar refractivity (Wildman–Crippen MR) is 216 cm³/mol. The van der Waals surface area contributed by atoms with Crippen molar-refractivity contribution in [3.05, 3.63) is 97.2 Å². The molecule has 0 saturated heterocycles. The summed E-state index contributed by atoms with van der Waals surface area (Å²) in [5.41, 5.74) is 0. The third-order valence-electron chi connectivity index (χ3n) is 7.99. The van der Waals surface area contributed by atoms with Gasteiger partial charge >= 0.3 is 0 Å². The largest absolute Gasteiger partial charge is 0.387 e. The fourth-order valence-corrected chi connectivity index (χ4v) is 5.85. The number of rotatable bonds is 33. The Kier molecular flexibility index (Phi) is 34.1. The van der Waals surface area contributed by atoms with Gasteiger partial charge in [-0.1, -0.05) is 156 Å². The van der Waals surface area contributed by atoms with Crippen molar-refractivity contribution in [3.63, 3.8) is 0 Å². The Morgan fingerprint density at radius 1 is 0.560 bits per heavy atom. The lowest BCUT2D eigenvalue weighted by Gasteiger charge is -2.21. The first-order valence-corrected chi connectivity index (χ1v) is 21.0. The van der Waals surface area contributed by atoms with Gasteiger partial charge in [0.2, 0.25) is 5.91 Å². The molecule has 0 aromatic rings. The van der Waals surface area contributed by atoms with Crippen molar-refractivity contribution in [3.8, 4) is 0 Å². The monoisotopic (exact) mass is 714 g/mol. The van der Waals surface area contributed by atoms with Crippen molar-refractivity contribution in [2.75, 3.05) is 5.75 Å². The molecule has 284 valence electrons. The number of amides is 1. The van der Waals surface area contributed by atoms with Crippen LogP contribution in [-0.2, 0) is 14.9 Å². The van der Waals surface area contributed by atoms with E-state index >= 15 is 0 Å². The average molecular weight is 714 g/mol. The number of nitrogens with one attached hydrogen (secondary N) is 1. The molecule has 0 aliphatic rings. The molecule has 2 atom stereocenters. The van der Waals surface area contributed by atoms with E-state index in [2.05, 4.69) is 104 Å². The zero-order valence-electron chi connectivity index (χ0n) is 31.5. The Morgan fingerprint density at radius 3 is 1.50 bits per heavy atom. The molecule has 0 fully saturated rings. The fourth-order valence-electron chi connectivity index (χ4n) is 5.11. The molecule has 6 nitrogen and oxygen atoms in total. The Balaban J connectivity index is 4.13. The predicted octanol–water partition coefficient (Wildman–Crippen LogP) is 11.4. The SMILES string of the molecule is CC/C=C\C/C=C\C/C=C\C/C=C\C/C=C\C/C=C\CCCCC(=O)NC(CS(=O)(=O)O)C(O)/C=C/CC/C=C/CCCCCCCCCC. The van der Waals surface area contributed by atoms with Crippen LogP contribution in [0.4, 0.5) is 0 Å². The second kappa shape index (κ2) is 36.1. The Labute approximate surface area is 307 Å². The second-order valence-electron chi connectivity index (χ2n) is 12.8. The molecule has 0 aliphatic heterocycles. The first-order valence-electron chi connectivity index (χ1n) is 19.4. The van der Waals surface area contributed by atoms with E-state index in [1.54, 1.807) is 6.08 Å². The zero-order valence-corrected chi connectivity index (χ0v) is 32.3. The van der Waals surface area contributed by atoms with Crippen LogP contribution in [-0.4, -0.2) is 41.9 Å². The van der Waals surface area contributed by atoms with Crippen LogP contribution in [0.15, 0.2) is 97.2 Å². The van der Waals surface area contributed by atoms with Gasteiger partial charge in [0.1, 0.15) is 0 Å². The van der Waals surface area contributed by atoms with Crippen molar-refractivity contribution in [2.45, 2.75) is 161 Å². The Hall–Kier alpha value is -2.74. The van der Waals surface area contributed by atoms with Gasteiger partial charge in [0.05, 0.1) is 17.9 Å². The number of hydrogen-bond donors (Lipinski definition) is 3. The smallest absolute Gasteiger partial charge is 0.267 e. The topological polar surface area (TPSA) is 104 Å². The highest BCUT2D eigenvalue weighted by atomic mass is 32.2. The van der Waals surface area contributed by atoms with E-state index in [1.165, 1.54) is 57.4 Å². The third kappa shape index (κ3) is 36.5. The summed E-state index contributed by atoms with van der Waals surface area (Å²) in [6.45, 7) is 4.38. The van der Waals surface area contributed by atoms with Crippen LogP contribution in [0.1, 0.15) is 149 Å². The molecule has 0 radical (unpaired) electrons. The number of unbranched alkanes of at least 4 members (excludes halogenated alkanes) is 11. The van der Waals surface area contributed by atoms with Gasteiger partial charge in [-0.25, -0.2) is 0 Å². The van der Waals surface area contributed by atoms with E-state index < -0.39 is 28.0 Å².